The molecule has 1 fully saturated rings. The minimum atomic E-state index is -0.799. The standard InChI is InChI=1S/C19H27N3O3S/c1-3-13(19(24)25)9-10-20-17(23)16-11-15-12(2)21-22(18(15)26-16)14-7-5-4-6-8-14/h11,13-14H,3-10H2,1-2H3,(H,20,23)(H,24,25). The molecule has 1 saturated carbocycles. The Balaban J connectivity index is 1.70. The predicted molar refractivity (Wildman–Crippen MR) is 103 cm³/mol. The average Bonchev–Trinajstić information content (AvgIpc) is 3.20. The third kappa shape index (κ3) is 3.92. The number of nitrogens with zero attached hydrogens (tertiary/aromatic N) is 2. The van der Waals surface area contributed by atoms with Crippen LogP contribution in [0.15, 0.2) is 6.07 Å². The van der Waals surface area contributed by atoms with Gasteiger partial charge >= 0.3 is 5.97 Å². The number of carbonyl (C=O) groups is 2. The number of carboxylic acid groups (broad SMARTS) is 1. The summed E-state index contributed by atoms with van der Waals surface area (Å²) in [4.78, 5) is 25.3. The minimum absolute atomic E-state index is 0.124. The van der Waals surface area contributed by atoms with Gasteiger partial charge in [0.25, 0.3) is 5.91 Å². The summed E-state index contributed by atoms with van der Waals surface area (Å²) in [5.41, 5.74) is 0.970. The molecular weight excluding hydrogens is 350 g/mol. The molecule has 1 aliphatic rings. The zero-order valence-corrected chi connectivity index (χ0v) is 16.3. The first-order valence-electron chi connectivity index (χ1n) is 9.51. The van der Waals surface area contributed by atoms with Gasteiger partial charge < -0.3 is 10.4 Å². The number of carbonyl (C=O) groups excluding carboxylic acids is 1. The normalized spacial score (nSPS) is 16.7. The number of aryl methyl sites for hydroxylation is 1. The molecule has 2 heterocycles. The number of aromatic nitrogens is 2. The van der Waals surface area contributed by atoms with Gasteiger partial charge in [0.1, 0.15) is 4.83 Å². The van der Waals surface area contributed by atoms with E-state index in [-0.39, 0.29) is 5.91 Å². The molecule has 6 nitrogen and oxygen atoms in total. The SMILES string of the molecule is CCC(CCNC(=O)c1cc2c(C)nn(C3CCCCC3)c2s1)C(=O)O. The smallest absolute Gasteiger partial charge is 0.306 e. The molecule has 3 rings (SSSR count). The summed E-state index contributed by atoms with van der Waals surface area (Å²) in [6.07, 6.45) is 7.12. The van der Waals surface area contributed by atoms with Crippen LogP contribution in [-0.4, -0.2) is 33.3 Å². The molecule has 0 radical (unpaired) electrons. The number of carboxylic acids is 1. The third-order valence-corrected chi connectivity index (χ3v) is 6.46. The fraction of sp³-hybridized carbons (Fsp3) is 0.632. The monoisotopic (exact) mass is 377 g/mol. The molecule has 1 amide bonds. The van der Waals surface area contributed by atoms with Crippen LogP contribution in [0.1, 0.15) is 73.3 Å². The van der Waals surface area contributed by atoms with Crippen LogP contribution >= 0.6 is 11.3 Å². The largest absolute Gasteiger partial charge is 0.481 e. The van der Waals surface area contributed by atoms with Crippen molar-refractivity contribution in [1.29, 1.82) is 0 Å². The summed E-state index contributed by atoms with van der Waals surface area (Å²) in [5, 5.41) is 17.7. The Bertz CT molecular complexity index is 789. The Morgan fingerprint density at radius 3 is 2.77 bits per heavy atom. The van der Waals surface area contributed by atoms with Crippen molar-refractivity contribution in [3.63, 3.8) is 0 Å². The summed E-state index contributed by atoms with van der Waals surface area (Å²) in [6.45, 7) is 4.23. The highest BCUT2D eigenvalue weighted by atomic mass is 32.1. The molecule has 1 aliphatic carbocycles. The molecule has 2 N–H and O–H groups in total. The molecule has 26 heavy (non-hydrogen) atoms. The lowest BCUT2D eigenvalue weighted by Crippen LogP contribution is -2.27. The van der Waals surface area contributed by atoms with Crippen molar-refractivity contribution < 1.29 is 14.7 Å². The highest BCUT2D eigenvalue weighted by Crippen LogP contribution is 2.35. The van der Waals surface area contributed by atoms with Gasteiger partial charge in [-0.3, -0.25) is 14.3 Å². The van der Waals surface area contributed by atoms with Crippen molar-refractivity contribution in [2.75, 3.05) is 6.54 Å². The van der Waals surface area contributed by atoms with Crippen molar-refractivity contribution in [2.45, 2.75) is 64.8 Å². The first kappa shape index (κ1) is 18.9. The Hall–Kier alpha value is -1.89. The van der Waals surface area contributed by atoms with Gasteiger partial charge in [-0.1, -0.05) is 26.2 Å². The first-order valence-corrected chi connectivity index (χ1v) is 10.3. The van der Waals surface area contributed by atoms with Crippen LogP contribution in [0, 0.1) is 12.8 Å². The van der Waals surface area contributed by atoms with E-state index < -0.39 is 11.9 Å². The first-order chi connectivity index (χ1) is 12.5. The van der Waals surface area contributed by atoms with Gasteiger partial charge in [-0.25, -0.2) is 0 Å². The van der Waals surface area contributed by atoms with E-state index in [4.69, 9.17) is 10.2 Å². The summed E-state index contributed by atoms with van der Waals surface area (Å²) in [5.74, 6) is -1.33. The molecule has 0 aromatic carbocycles. The fourth-order valence-corrected chi connectivity index (χ4v) is 4.86. The lowest BCUT2D eigenvalue weighted by Gasteiger charge is -2.22. The van der Waals surface area contributed by atoms with Crippen molar-refractivity contribution in [2.24, 2.45) is 5.92 Å². The van der Waals surface area contributed by atoms with Crippen LogP contribution < -0.4 is 5.32 Å². The van der Waals surface area contributed by atoms with E-state index in [0.29, 0.717) is 30.3 Å². The van der Waals surface area contributed by atoms with Gasteiger partial charge in [0, 0.05) is 11.9 Å². The molecule has 2 aromatic rings. The van der Waals surface area contributed by atoms with Crippen molar-refractivity contribution in [3.8, 4) is 0 Å². The zero-order chi connectivity index (χ0) is 18.7. The van der Waals surface area contributed by atoms with E-state index >= 15 is 0 Å². The molecule has 2 aromatic heterocycles. The van der Waals surface area contributed by atoms with Crippen LogP contribution in [0.4, 0.5) is 0 Å². The Morgan fingerprint density at radius 1 is 1.38 bits per heavy atom. The molecule has 0 aliphatic heterocycles. The molecular formula is C19H27N3O3S. The number of aliphatic carboxylic acids is 1. The van der Waals surface area contributed by atoms with E-state index in [1.165, 1.54) is 30.6 Å². The molecule has 0 bridgehead atoms. The number of fused-ring (bicyclic) bond motifs is 1. The number of hydrogen-bond acceptors (Lipinski definition) is 4. The lowest BCUT2D eigenvalue weighted by atomic mass is 9.96. The lowest BCUT2D eigenvalue weighted by molar-refractivity contribution is -0.142. The Kier molecular flexibility index (Phi) is 5.96. The second-order valence-electron chi connectivity index (χ2n) is 7.14. The summed E-state index contributed by atoms with van der Waals surface area (Å²) in [6, 6.07) is 2.36. The molecule has 142 valence electrons. The highest BCUT2D eigenvalue weighted by molar-refractivity contribution is 7.20. The molecule has 7 heteroatoms. The van der Waals surface area contributed by atoms with Crippen molar-refractivity contribution >= 4 is 33.4 Å². The Labute approximate surface area is 157 Å². The van der Waals surface area contributed by atoms with E-state index in [1.807, 2.05) is 19.9 Å². The minimum Gasteiger partial charge on any atom is -0.481 e. The van der Waals surface area contributed by atoms with Gasteiger partial charge in [0.2, 0.25) is 0 Å². The second kappa shape index (κ2) is 8.20. The summed E-state index contributed by atoms with van der Waals surface area (Å²) in [7, 11) is 0. The van der Waals surface area contributed by atoms with Crippen molar-refractivity contribution in [3.05, 3.63) is 16.6 Å². The number of rotatable bonds is 7. The quantitative estimate of drug-likeness (QED) is 0.759. The number of hydrogen-bond donors (Lipinski definition) is 2. The summed E-state index contributed by atoms with van der Waals surface area (Å²) < 4.78 is 2.13. The second-order valence-corrected chi connectivity index (χ2v) is 8.17. The maximum Gasteiger partial charge on any atom is 0.306 e. The molecule has 1 atom stereocenters. The van der Waals surface area contributed by atoms with Crippen molar-refractivity contribution in [1.82, 2.24) is 15.1 Å². The van der Waals surface area contributed by atoms with Crippen LogP contribution in [0.25, 0.3) is 10.2 Å². The van der Waals surface area contributed by atoms with Crippen LogP contribution in [0.5, 0.6) is 0 Å². The van der Waals surface area contributed by atoms with Gasteiger partial charge in [-0.15, -0.1) is 11.3 Å². The average molecular weight is 378 g/mol. The van der Waals surface area contributed by atoms with E-state index in [9.17, 15) is 9.59 Å². The van der Waals surface area contributed by atoms with Crippen LogP contribution in [-0.2, 0) is 4.79 Å². The van der Waals surface area contributed by atoms with E-state index in [1.54, 1.807) is 0 Å². The number of thiophene rings is 1. The predicted octanol–water partition coefficient (Wildman–Crippen LogP) is 4.14. The van der Waals surface area contributed by atoms with Crippen LogP contribution in [0.2, 0.25) is 0 Å². The number of amides is 1. The fourth-order valence-electron chi connectivity index (χ4n) is 3.71. The maximum absolute atomic E-state index is 12.5. The van der Waals surface area contributed by atoms with E-state index in [2.05, 4.69) is 10.00 Å². The van der Waals surface area contributed by atoms with Crippen LogP contribution in [0.3, 0.4) is 0 Å². The molecule has 0 saturated heterocycles. The highest BCUT2D eigenvalue weighted by Gasteiger charge is 2.22. The summed E-state index contributed by atoms with van der Waals surface area (Å²) >= 11 is 1.49. The van der Waals surface area contributed by atoms with Gasteiger partial charge in [0.05, 0.1) is 22.5 Å². The number of nitrogens with one attached hydrogen (secondary N) is 1. The van der Waals surface area contributed by atoms with Gasteiger partial charge in [-0.2, -0.15) is 5.10 Å². The Morgan fingerprint density at radius 2 is 2.12 bits per heavy atom. The van der Waals surface area contributed by atoms with Gasteiger partial charge in [-0.05, 0) is 38.7 Å². The topological polar surface area (TPSA) is 84.2 Å². The zero-order valence-electron chi connectivity index (χ0n) is 15.5. The van der Waals surface area contributed by atoms with Gasteiger partial charge in [0.15, 0.2) is 0 Å². The third-order valence-electron chi connectivity index (χ3n) is 5.33. The maximum atomic E-state index is 12.5. The molecule has 0 spiro atoms. The van der Waals surface area contributed by atoms with E-state index in [0.717, 1.165) is 28.8 Å². The molecule has 1 unspecified atom stereocenters.